The summed E-state index contributed by atoms with van der Waals surface area (Å²) in [7, 11) is 0. The molecule has 0 bridgehead atoms. The van der Waals surface area contributed by atoms with E-state index in [1.165, 1.54) is 6.08 Å². The van der Waals surface area contributed by atoms with Crippen molar-refractivity contribution in [1.29, 1.82) is 0 Å². The summed E-state index contributed by atoms with van der Waals surface area (Å²) in [6, 6.07) is 0. The number of amides is 1. The van der Waals surface area contributed by atoms with Gasteiger partial charge in [-0.3, -0.25) is 0 Å². The second-order valence-corrected chi connectivity index (χ2v) is 5.40. The van der Waals surface area contributed by atoms with Gasteiger partial charge in [-0.25, -0.2) is 14.0 Å². The summed E-state index contributed by atoms with van der Waals surface area (Å²) < 4.78 is 41.5. The fraction of sp³-hybridized carbons (Fsp3) is 0.833. The fourth-order valence-corrected chi connectivity index (χ4v) is 1.75. The molecule has 5 nitrogen and oxygen atoms in total. The highest BCUT2D eigenvalue weighted by atomic mass is 19.1. The molecule has 0 aromatic heterocycles. The van der Waals surface area contributed by atoms with Crippen molar-refractivity contribution < 1.29 is 22.8 Å². The zero-order valence-electron chi connectivity index (χ0n) is 13.7. The van der Waals surface area contributed by atoms with E-state index in [2.05, 4.69) is 4.99 Å². The molecule has 102 valence electrons. The molecule has 1 amide bonds. The molecule has 0 aliphatic carbocycles. The van der Waals surface area contributed by atoms with Gasteiger partial charge in [-0.05, 0) is 27.6 Å². The predicted molar refractivity (Wildman–Crippen MR) is 63.8 cm³/mol. The third-order valence-electron chi connectivity index (χ3n) is 2.34. The van der Waals surface area contributed by atoms with Crippen molar-refractivity contribution in [2.75, 3.05) is 13.1 Å². The molecule has 0 saturated carbocycles. The van der Waals surface area contributed by atoms with Crippen LogP contribution in [0, 0.1) is 0 Å². The predicted octanol–water partition coefficient (Wildman–Crippen LogP) is 2.06. The number of likely N-dealkylation sites (tertiary alicyclic amines) is 1. The zero-order chi connectivity index (χ0) is 16.5. The first-order chi connectivity index (χ1) is 9.40. The van der Waals surface area contributed by atoms with Crippen molar-refractivity contribution in [1.82, 2.24) is 4.90 Å². The maximum Gasteiger partial charge on any atom is 0.410 e. The van der Waals surface area contributed by atoms with Gasteiger partial charge in [-0.1, -0.05) is 0 Å². The molecule has 0 aromatic rings. The van der Waals surface area contributed by atoms with Crippen molar-refractivity contribution in [3.63, 3.8) is 0 Å². The number of hydrogen-bond acceptors (Lipinski definition) is 4. The van der Waals surface area contributed by atoms with Gasteiger partial charge in [0.2, 0.25) is 6.08 Å². The van der Waals surface area contributed by atoms with Gasteiger partial charge in [0, 0.05) is 10.5 Å². The third kappa shape index (κ3) is 4.11. The first-order valence-electron chi connectivity index (χ1n) is 7.11. The molecule has 2 atom stereocenters. The number of rotatable bonds is 1. The van der Waals surface area contributed by atoms with Gasteiger partial charge in [0.05, 0.1) is 18.6 Å². The van der Waals surface area contributed by atoms with E-state index in [-0.39, 0.29) is 6.54 Å². The molecule has 1 heterocycles. The number of ether oxygens (including phenoxy) is 1. The normalized spacial score (nSPS) is 31.7. The molecule has 1 aliphatic rings. The molecule has 0 N–H and O–H groups in total. The molecule has 18 heavy (non-hydrogen) atoms. The molecule has 0 radical (unpaired) electrons. The summed E-state index contributed by atoms with van der Waals surface area (Å²) >= 11 is 0. The SMILES string of the molecule is [2H]C([2H])([2H])C1(N=C=O)CC(F)CN(C(=O)OC(C)(C)C)C1. The number of alkyl halides is 1. The van der Waals surface area contributed by atoms with Crippen LogP contribution in [0.1, 0.15) is 38.2 Å². The zero-order valence-corrected chi connectivity index (χ0v) is 10.7. The number of nitrogens with zero attached hydrogens (tertiary/aromatic N) is 2. The van der Waals surface area contributed by atoms with E-state index in [9.17, 15) is 14.0 Å². The Kier molecular flexibility index (Phi) is 2.95. The minimum Gasteiger partial charge on any atom is -0.444 e. The lowest BCUT2D eigenvalue weighted by atomic mass is 9.91. The van der Waals surface area contributed by atoms with Gasteiger partial charge < -0.3 is 9.64 Å². The van der Waals surface area contributed by atoms with Crippen molar-refractivity contribution in [3.05, 3.63) is 0 Å². The van der Waals surface area contributed by atoms with Gasteiger partial charge >= 0.3 is 6.09 Å². The van der Waals surface area contributed by atoms with Crippen LogP contribution in [-0.2, 0) is 9.53 Å². The first kappa shape index (κ1) is 10.5. The topological polar surface area (TPSA) is 59.0 Å². The van der Waals surface area contributed by atoms with E-state index in [4.69, 9.17) is 8.85 Å². The molecular formula is C12H19FN2O3. The van der Waals surface area contributed by atoms with Crippen LogP contribution in [0.2, 0.25) is 0 Å². The minimum atomic E-state index is -2.73. The summed E-state index contributed by atoms with van der Waals surface area (Å²) in [5, 5.41) is 0. The average molecular weight is 261 g/mol. The number of hydrogen-bond donors (Lipinski definition) is 0. The van der Waals surface area contributed by atoms with Gasteiger partial charge in [0.25, 0.3) is 0 Å². The number of aliphatic imine (C=N–C) groups is 1. The van der Waals surface area contributed by atoms with Crippen LogP contribution in [0.5, 0.6) is 0 Å². The molecule has 6 heteroatoms. The third-order valence-corrected chi connectivity index (χ3v) is 2.34. The van der Waals surface area contributed by atoms with Crippen molar-refractivity contribution in [2.24, 2.45) is 4.99 Å². The van der Waals surface area contributed by atoms with E-state index < -0.39 is 43.2 Å². The lowest BCUT2D eigenvalue weighted by Gasteiger charge is -2.39. The first-order valence-corrected chi connectivity index (χ1v) is 5.61. The molecule has 0 aromatic carbocycles. The van der Waals surface area contributed by atoms with E-state index in [0.717, 1.165) is 4.90 Å². The lowest BCUT2D eigenvalue weighted by molar-refractivity contribution is 0.00408. The maximum absolute atomic E-state index is 13.9. The van der Waals surface area contributed by atoms with Crippen LogP contribution in [0.15, 0.2) is 4.99 Å². The van der Waals surface area contributed by atoms with Crippen LogP contribution in [0.4, 0.5) is 9.18 Å². The summed E-state index contributed by atoms with van der Waals surface area (Å²) in [4.78, 5) is 26.8. The summed E-state index contributed by atoms with van der Waals surface area (Å²) in [6.07, 6.45) is -1.72. The Morgan fingerprint density at radius 1 is 1.67 bits per heavy atom. The Hall–Kier alpha value is -1.42. The molecule has 1 aliphatic heterocycles. The van der Waals surface area contributed by atoms with Crippen LogP contribution < -0.4 is 0 Å². The minimum absolute atomic E-state index is 0.291. The van der Waals surface area contributed by atoms with Crippen LogP contribution in [0.3, 0.4) is 0 Å². The van der Waals surface area contributed by atoms with Crippen LogP contribution in [-0.4, -0.2) is 47.5 Å². The second kappa shape index (κ2) is 5.06. The van der Waals surface area contributed by atoms with Gasteiger partial charge in [-0.2, -0.15) is 4.99 Å². The van der Waals surface area contributed by atoms with Gasteiger partial charge in [0.1, 0.15) is 11.8 Å². The maximum atomic E-state index is 13.9. The second-order valence-electron chi connectivity index (χ2n) is 5.40. The van der Waals surface area contributed by atoms with Gasteiger partial charge in [0.15, 0.2) is 0 Å². The van der Waals surface area contributed by atoms with Gasteiger partial charge in [-0.15, -0.1) is 0 Å². The monoisotopic (exact) mass is 261 g/mol. The van der Waals surface area contributed by atoms with Crippen molar-refractivity contribution in [2.45, 2.75) is 51.4 Å². The van der Waals surface area contributed by atoms with E-state index in [0.29, 0.717) is 0 Å². The Morgan fingerprint density at radius 2 is 2.33 bits per heavy atom. The summed E-state index contributed by atoms with van der Waals surface area (Å²) in [6.45, 7) is 1.50. The number of carbonyl (C=O) groups is 1. The lowest BCUT2D eigenvalue weighted by Crippen LogP contribution is -2.53. The number of isocyanates is 1. The molecule has 1 fully saturated rings. The fourth-order valence-electron chi connectivity index (χ4n) is 1.75. The van der Waals surface area contributed by atoms with E-state index >= 15 is 0 Å². The highest BCUT2D eigenvalue weighted by Gasteiger charge is 2.39. The largest absolute Gasteiger partial charge is 0.444 e. The Morgan fingerprint density at radius 3 is 2.83 bits per heavy atom. The van der Waals surface area contributed by atoms with Crippen LogP contribution in [0.25, 0.3) is 0 Å². The average Bonchev–Trinajstić information content (AvgIpc) is 2.24. The standard InChI is InChI=1S/C12H19FN2O3/c1-11(2,3)18-10(17)15-6-9(13)5-12(4,7-15)14-8-16/h9H,5-7H2,1-4H3/i4D3. The molecule has 0 spiro atoms. The molecule has 1 saturated heterocycles. The smallest absolute Gasteiger partial charge is 0.410 e. The molecule has 2 unspecified atom stereocenters. The molecular weight excluding hydrogens is 239 g/mol. The highest BCUT2D eigenvalue weighted by Crippen LogP contribution is 2.27. The highest BCUT2D eigenvalue weighted by molar-refractivity contribution is 5.68. The van der Waals surface area contributed by atoms with Crippen molar-refractivity contribution >= 4 is 12.2 Å². The summed E-state index contributed by atoms with van der Waals surface area (Å²) in [5.74, 6) is 0. The number of carbonyl (C=O) groups excluding carboxylic acids is 2. The Bertz CT molecular complexity index is 458. The summed E-state index contributed by atoms with van der Waals surface area (Å²) in [5.41, 5.74) is -2.78. The van der Waals surface area contributed by atoms with E-state index in [1.54, 1.807) is 20.8 Å². The van der Waals surface area contributed by atoms with E-state index in [1.807, 2.05) is 0 Å². The Labute approximate surface area is 110 Å². The quantitative estimate of drug-likeness (QED) is 0.536. The van der Waals surface area contributed by atoms with Crippen molar-refractivity contribution in [3.8, 4) is 0 Å². The number of halogens is 1. The number of piperidine rings is 1. The Balaban J connectivity index is 3.06. The molecule has 1 rings (SSSR count). The van der Waals surface area contributed by atoms with Crippen LogP contribution >= 0.6 is 0 Å².